The molecule has 0 aliphatic heterocycles. The Kier molecular flexibility index (Phi) is 5.44. The maximum atomic E-state index is 12.6. The number of carbonyl (C=O) groups is 3. The molecule has 7 nitrogen and oxygen atoms in total. The van der Waals surface area contributed by atoms with Crippen LogP contribution in [-0.2, 0) is 14.3 Å². The van der Waals surface area contributed by atoms with Crippen molar-refractivity contribution in [3.05, 3.63) is 59.7 Å². The molecule has 2 N–H and O–H groups in total. The van der Waals surface area contributed by atoms with E-state index in [1.807, 2.05) is 36.4 Å². The van der Waals surface area contributed by atoms with E-state index in [4.69, 9.17) is 9.84 Å². The number of carbonyl (C=O) groups excluding carboxylic acids is 2. The number of nitrogens with zero attached hydrogens (tertiary/aromatic N) is 1. The van der Waals surface area contributed by atoms with E-state index in [1.165, 1.54) is 4.90 Å². The van der Waals surface area contributed by atoms with Crippen molar-refractivity contribution in [1.29, 1.82) is 0 Å². The number of fused-ring (bicyclic) bond motifs is 3. The number of amides is 2. The molecule has 30 heavy (non-hydrogen) atoms. The molecule has 2 aliphatic rings. The van der Waals surface area contributed by atoms with Crippen molar-refractivity contribution in [1.82, 2.24) is 10.2 Å². The Morgan fingerprint density at radius 3 is 2.17 bits per heavy atom. The smallest absolute Gasteiger partial charge is 0.407 e. The SMILES string of the molecule is C[C@H](NC(=O)OCC1c2ccccc2-c2ccccc21)C(=O)N(CC(=O)O)C1CC1. The number of aliphatic carboxylic acids is 1. The minimum Gasteiger partial charge on any atom is -0.480 e. The van der Waals surface area contributed by atoms with E-state index in [0.717, 1.165) is 35.1 Å². The molecule has 0 bridgehead atoms. The summed E-state index contributed by atoms with van der Waals surface area (Å²) in [6.07, 6.45) is 0.886. The summed E-state index contributed by atoms with van der Waals surface area (Å²) < 4.78 is 5.46. The second-order valence-electron chi connectivity index (χ2n) is 7.78. The molecule has 7 heteroatoms. The van der Waals surface area contributed by atoms with Gasteiger partial charge >= 0.3 is 12.1 Å². The van der Waals surface area contributed by atoms with Gasteiger partial charge in [-0.1, -0.05) is 48.5 Å². The molecule has 0 saturated heterocycles. The molecule has 0 unspecified atom stereocenters. The maximum absolute atomic E-state index is 12.6. The lowest BCUT2D eigenvalue weighted by Crippen LogP contribution is -2.49. The van der Waals surface area contributed by atoms with Crippen LogP contribution in [0, 0.1) is 0 Å². The van der Waals surface area contributed by atoms with Gasteiger partial charge in [0.1, 0.15) is 19.2 Å². The van der Waals surface area contributed by atoms with Gasteiger partial charge in [-0.15, -0.1) is 0 Å². The van der Waals surface area contributed by atoms with Crippen molar-refractivity contribution in [2.45, 2.75) is 37.8 Å². The highest BCUT2D eigenvalue weighted by Crippen LogP contribution is 2.44. The second-order valence-corrected chi connectivity index (χ2v) is 7.78. The van der Waals surface area contributed by atoms with Crippen LogP contribution in [0.15, 0.2) is 48.5 Å². The van der Waals surface area contributed by atoms with Crippen molar-refractivity contribution in [3.63, 3.8) is 0 Å². The summed E-state index contributed by atoms with van der Waals surface area (Å²) in [4.78, 5) is 37.3. The van der Waals surface area contributed by atoms with Crippen molar-refractivity contribution in [2.75, 3.05) is 13.2 Å². The van der Waals surface area contributed by atoms with E-state index in [0.29, 0.717) is 0 Å². The lowest BCUT2D eigenvalue weighted by atomic mass is 9.98. The number of carboxylic acids is 1. The number of nitrogens with one attached hydrogen (secondary N) is 1. The first-order valence-corrected chi connectivity index (χ1v) is 10.1. The fourth-order valence-electron chi connectivity index (χ4n) is 4.05. The van der Waals surface area contributed by atoms with Crippen LogP contribution in [-0.4, -0.2) is 53.2 Å². The second kappa shape index (κ2) is 8.18. The van der Waals surface area contributed by atoms with E-state index in [9.17, 15) is 14.4 Å². The van der Waals surface area contributed by atoms with E-state index in [1.54, 1.807) is 6.92 Å². The quantitative estimate of drug-likeness (QED) is 0.734. The van der Waals surface area contributed by atoms with Crippen LogP contribution in [0.25, 0.3) is 11.1 Å². The highest BCUT2D eigenvalue weighted by atomic mass is 16.5. The van der Waals surface area contributed by atoms with Gasteiger partial charge in [0, 0.05) is 12.0 Å². The Balaban J connectivity index is 1.38. The van der Waals surface area contributed by atoms with Gasteiger partial charge in [0.2, 0.25) is 5.91 Å². The van der Waals surface area contributed by atoms with Gasteiger partial charge in [0.05, 0.1) is 0 Å². The minimum absolute atomic E-state index is 0.0552. The molecule has 1 saturated carbocycles. The number of hydrogen-bond acceptors (Lipinski definition) is 4. The number of alkyl carbamates (subject to hydrolysis) is 1. The molecule has 156 valence electrons. The van der Waals surface area contributed by atoms with Crippen LogP contribution in [0.5, 0.6) is 0 Å². The number of benzene rings is 2. The molecule has 2 aromatic rings. The lowest BCUT2D eigenvalue weighted by Gasteiger charge is -2.24. The third-order valence-corrected chi connectivity index (χ3v) is 5.62. The van der Waals surface area contributed by atoms with Crippen LogP contribution in [0.3, 0.4) is 0 Å². The van der Waals surface area contributed by atoms with Crippen LogP contribution < -0.4 is 5.32 Å². The predicted octanol–water partition coefficient (Wildman–Crippen LogP) is 2.99. The molecule has 0 heterocycles. The van der Waals surface area contributed by atoms with Crippen LogP contribution in [0.4, 0.5) is 4.79 Å². The van der Waals surface area contributed by atoms with Crippen molar-refractivity contribution >= 4 is 18.0 Å². The van der Waals surface area contributed by atoms with Crippen molar-refractivity contribution in [2.24, 2.45) is 0 Å². The highest BCUT2D eigenvalue weighted by molar-refractivity contribution is 5.88. The largest absolute Gasteiger partial charge is 0.480 e. The Labute approximate surface area is 174 Å². The van der Waals surface area contributed by atoms with Gasteiger partial charge < -0.3 is 20.1 Å². The fraction of sp³-hybridized carbons (Fsp3) is 0.348. The van der Waals surface area contributed by atoms with Crippen LogP contribution >= 0.6 is 0 Å². The lowest BCUT2D eigenvalue weighted by molar-refractivity contribution is -0.145. The van der Waals surface area contributed by atoms with Gasteiger partial charge in [0.25, 0.3) is 0 Å². The minimum atomic E-state index is -1.07. The van der Waals surface area contributed by atoms with Gasteiger partial charge in [-0.25, -0.2) is 4.79 Å². The summed E-state index contributed by atoms with van der Waals surface area (Å²) in [5, 5.41) is 11.6. The maximum Gasteiger partial charge on any atom is 0.407 e. The van der Waals surface area contributed by atoms with Gasteiger partial charge in [-0.2, -0.15) is 0 Å². The number of carboxylic acid groups (broad SMARTS) is 1. The normalized spacial score (nSPS) is 15.6. The van der Waals surface area contributed by atoms with Gasteiger partial charge in [-0.3, -0.25) is 9.59 Å². The first-order chi connectivity index (χ1) is 14.5. The Hall–Kier alpha value is -3.35. The molecule has 0 radical (unpaired) electrons. The molecule has 4 rings (SSSR count). The number of hydrogen-bond donors (Lipinski definition) is 2. The molecule has 2 aromatic carbocycles. The van der Waals surface area contributed by atoms with Gasteiger partial charge in [-0.05, 0) is 42.0 Å². The fourth-order valence-corrected chi connectivity index (χ4v) is 4.05. The molecule has 1 atom stereocenters. The van der Waals surface area contributed by atoms with E-state index in [-0.39, 0.29) is 25.1 Å². The summed E-state index contributed by atoms with van der Waals surface area (Å²) in [6, 6.07) is 15.2. The predicted molar refractivity (Wildman–Crippen MR) is 110 cm³/mol. The molecular weight excluding hydrogens is 384 g/mol. The van der Waals surface area contributed by atoms with Crippen LogP contribution in [0.1, 0.15) is 36.8 Å². The zero-order valence-electron chi connectivity index (χ0n) is 16.7. The molecule has 0 aromatic heterocycles. The van der Waals surface area contributed by atoms with Gasteiger partial charge in [0.15, 0.2) is 0 Å². The zero-order chi connectivity index (χ0) is 21.3. The summed E-state index contributed by atoms with van der Waals surface area (Å²) in [6.45, 7) is 1.34. The first-order valence-electron chi connectivity index (χ1n) is 10.1. The molecule has 2 amide bonds. The van der Waals surface area contributed by atoms with E-state index in [2.05, 4.69) is 17.4 Å². The average Bonchev–Trinajstić information content (AvgIpc) is 3.52. The number of ether oxygens (including phenoxy) is 1. The summed E-state index contributed by atoms with van der Waals surface area (Å²) in [7, 11) is 0. The zero-order valence-corrected chi connectivity index (χ0v) is 16.7. The third-order valence-electron chi connectivity index (χ3n) is 5.62. The van der Waals surface area contributed by atoms with Crippen molar-refractivity contribution < 1.29 is 24.2 Å². The average molecular weight is 408 g/mol. The molecule has 1 fully saturated rings. The van der Waals surface area contributed by atoms with Crippen molar-refractivity contribution in [3.8, 4) is 11.1 Å². The Morgan fingerprint density at radius 1 is 1.07 bits per heavy atom. The summed E-state index contributed by atoms with van der Waals surface area (Å²) in [5.41, 5.74) is 4.49. The van der Waals surface area contributed by atoms with E-state index >= 15 is 0 Å². The third kappa shape index (κ3) is 4.01. The Bertz CT molecular complexity index is 940. The highest BCUT2D eigenvalue weighted by Gasteiger charge is 2.36. The molecule has 0 spiro atoms. The Morgan fingerprint density at radius 2 is 1.63 bits per heavy atom. The topological polar surface area (TPSA) is 95.9 Å². The summed E-state index contributed by atoms with van der Waals surface area (Å²) >= 11 is 0. The van der Waals surface area contributed by atoms with E-state index < -0.39 is 24.0 Å². The summed E-state index contributed by atoms with van der Waals surface area (Å²) in [5.74, 6) is -1.54. The number of rotatable bonds is 7. The standard InChI is InChI=1S/C23H24N2O5/c1-14(22(28)25(12-21(26)27)15-10-11-15)24-23(29)30-13-20-18-8-4-2-6-16(18)17-7-3-5-9-19(17)20/h2-9,14-15,20H,10-13H2,1H3,(H,24,29)(H,26,27)/t14-/m0/s1. The monoisotopic (exact) mass is 408 g/mol. The van der Waals surface area contributed by atoms with Crippen LogP contribution in [0.2, 0.25) is 0 Å². The first kappa shape index (κ1) is 19.9. The molecule has 2 aliphatic carbocycles. The molecular formula is C23H24N2O5.